The van der Waals surface area contributed by atoms with Gasteiger partial charge in [-0.05, 0) is 26.3 Å². The maximum Gasteiger partial charge on any atom is 0.326 e. The van der Waals surface area contributed by atoms with Crippen LogP contribution in [0.25, 0.3) is 11.0 Å². The van der Waals surface area contributed by atoms with Crippen molar-refractivity contribution in [3.8, 4) is 0 Å². The number of amides is 4. The van der Waals surface area contributed by atoms with E-state index in [2.05, 4.69) is 15.4 Å². The fourth-order valence-electron chi connectivity index (χ4n) is 2.90. The molecule has 0 spiro atoms. The summed E-state index contributed by atoms with van der Waals surface area (Å²) in [5, 5.41) is 7.94. The number of hydrogen-bond acceptors (Lipinski definition) is 5. The van der Waals surface area contributed by atoms with Gasteiger partial charge < -0.3 is 10.2 Å². The summed E-state index contributed by atoms with van der Waals surface area (Å²) < 4.78 is 1.82. The molecular formula is C17H22N6O3. The molecular weight excluding hydrogens is 336 g/mol. The molecule has 26 heavy (non-hydrogen) atoms. The van der Waals surface area contributed by atoms with Crippen LogP contribution in [0.5, 0.6) is 0 Å². The highest BCUT2D eigenvalue weighted by Crippen LogP contribution is 2.19. The molecule has 4 amide bonds. The Hall–Kier alpha value is -2.97. The van der Waals surface area contributed by atoms with Gasteiger partial charge >= 0.3 is 6.03 Å². The Morgan fingerprint density at radius 2 is 2.08 bits per heavy atom. The number of aromatic nitrogens is 3. The molecule has 2 aromatic rings. The largest absolute Gasteiger partial charge is 0.326 e. The predicted octanol–water partition coefficient (Wildman–Crippen LogP) is 1.62. The standard InChI is InChI=1S/C17H22N6O3/c1-11(2)23-16-12(8-19-23)7-13(9-18-16)20-14(24)5-4-6-22-15(25)10-21(3)17(22)26/h7-9,11H,4-6,10H2,1-3H3,(H,20,24). The van der Waals surface area contributed by atoms with Crippen molar-refractivity contribution in [1.29, 1.82) is 0 Å². The Labute approximate surface area is 151 Å². The number of hydrogen-bond donors (Lipinski definition) is 1. The monoisotopic (exact) mass is 358 g/mol. The molecule has 0 unspecified atom stereocenters. The molecule has 138 valence electrons. The molecule has 0 radical (unpaired) electrons. The first-order chi connectivity index (χ1) is 12.4. The molecule has 1 aliphatic heterocycles. The minimum Gasteiger partial charge on any atom is -0.325 e. The van der Waals surface area contributed by atoms with Gasteiger partial charge in [0.25, 0.3) is 0 Å². The van der Waals surface area contributed by atoms with Gasteiger partial charge in [0.2, 0.25) is 11.8 Å². The Morgan fingerprint density at radius 3 is 2.73 bits per heavy atom. The average Bonchev–Trinajstić information content (AvgIpc) is 3.10. The molecule has 2 aromatic heterocycles. The quantitative estimate of drug-likeness (QED) is 0.791. The highest BCUT2D eigenvalue weighted by Gasteiger charge is 2.32. The van der Waals surface area contributed by atoms with Gasteiger partial charge in [0.1, 0.15) is 6.54 Å². The number of nitrogens with zero attached hydrogens (tertiary/aromatic N) is 5. The van der Waals surface area contributed by atoms with Gasteiger partial charge in [0, 0.05) is 31.4 Å². The van der Waals surface area contributed by atoms with Gasteiger partial charge in [-0.3, -0.25) is 14.5 Å². The number of pyridine rings is 1. The number of rotatable bonds is 6. The minimum absolute atomic E-state index is 0.0980. The van der Waals surface area contributed by atoms with Crippen LogP contribution in [0.3, 0.4) is 0 Å². The molecule has 3 heterocycles. The summed E-state index contributed by atoms with van der Waals surface area (Å²) >= 11 is 0. The zero-order valence-electron chi connectivity index (χ0n) is 15.1. The summed E-state index contributed by atoms with van der Waals surface area (Å²) in [5.41, 5.74) is 1.37. The van der Waals surface area contributed by atoms with Crippen LogP contribution < -0.4 is 5.32 Å². The fourth-order valence-corrected chi connectivity index (χ4v) is 2.90. The highest BCUT2D eigenvalue weighted by molar-refractivity contribution is 6.01. The van der Waals surface area contributed by atoms with Gasteiger partial charge in [0.05, 0.1) is 18.1 Å². The maximum atomic E-state index is 12.1. The molecule has 0 aliphatic carbocycles. The van der Waals surface area contributed by atoms with Crippen LogP contribution >= 0.6 is 0 Å². The van der Waals surface area contributed by atoms with Crippen molar-refractivity contribution in [2.24, 2.45) is 0 Å². The first-order valence-electron chi connectivity index (χ1n) is 8.55. The van der Waals surface area contributed by atoms with Crippen LogP contribution in [0.1, 0.15) is 32.7 Å². The van der Waals surface area contributed by atoms with Crippen LogP contribution in [-0.2, 0) is 9.59 Å². The Balaban J connectivity index is 1.54. The topological polar surface area (TPSA) is 100 Å². The number of carbonyl (C=O) groups excluding carboxylic acids is 3. The van der Waals surface area contributed by atoms with Crippen molar-refractivity contribution in [3.63, 3.8) is 0 Å². The van der Waals surface area contributed by atoms with Crippen molar-refractivity contribution < 1.29 is 14.4 Å². The molecule has 0 aromatic carbocycles. The lowest BCUT2D eigenvalue weighted by molar-refractivity contribution is -0.125. The molecule has 0 bridgehead atoms. The first kappa shape index (κ1) is 17.8. The number of carbonyl (C=O) groups is 3. The van der Waals surface area contributed by atoms with E-state index in [0.717, 1.165) is 11.0 Å². The third-order valence-corrected chi connectivity index (χ3v) is 4.22. The fraction of sp³-hybridized carbons (Fsp3) is 0.471. The van der Waals surface area contributed by atoms with Crippen molar-refractivity contribution in [2.45, 2.75) is 32.7 Å². The highest BCUT2D eigenvalue weighted by atomic mass is 16.2. The van der Waals surface area contributed by atoms with Crippen molar-refractivity contribution >= 4 is 34.6 Å². The van der Waals surface area contributed by atoms with Crippen LogP contribution in [0.2, 0.25) is 0 Å². The third kappa shape index (κ3) is 3.51. The van der Waals surface area contributed by atoms with E-state index in [0.29, 0.717) is 12.1 Å². The number of likely N-dealkylation sites (N-methyl/N-ethyl adjacent to an activating group) is 1. The van der Waals surface area contributed by atoms with Crippen LogP contribution in [-0.4, -0.2) is 62.5 Å². The zero-order chi connectivity index (χ0) is 18.8. The number of anilines is 1. The SMILES string of the molecule is CC(C)n1ncc2cc(NC(=O)CCCN3C(=O)CN(C)C3=O)cnc21. The Kier molecular flexibility index (Phi) is 4.88. The van der Waals surface area contributed by atoms with Crippen LogP contribution in [0, 0.1) is 0 Å². The third-order valence-electron chi connectivity index (χ3n) is 4.22. The smallest absolute Gasteiger partial charge is 0.325 e. The predicted molar refractivity (Wildman–Crippen MR) is 95.5 cm³/mol. The molecule has 1 fully saturated rings. The lowest BCUT2D eigenvalue weighted by atomic mass is 10.2. The van der Waals surface area contributed by atoms with E-state index in [-0.39, 0.29) is 43.4 Å². The minimum atomic E-state index is -0.313. The maximum absolute atomic E-state index is 12.1. The first-order valence-corrected chi connectivity index (χ1v) is 8.55. The van der Waals surface area contributed by atoms with Gasteiger partial charge in [-0.25, -0.2) is 14.5 Å². The van der Waals surface area contributed by atoms with Gasteiger partial charge in [-0.2, -0.15) is 5.10 Å². The number of imide groups is 1. The molecule has 0 atom stereocenters. The number of nitrogens with one attached hydrogen (secondary N) is 1. The summed E-state index contributed by atoms with van der Waals surface area (Å²) in [6, 6.07) is 1.72. The van der Waals surface area contributed by atoms with E-state index < -0.39 is 0 Å². The summed E-state index contributed by atoms with van der Waals surface area (Å²) in [5.74, 6) is -0.412. The van der Waals surface area contributed by atoms with E-state index in [1.807, 2.05) is 24.6 Å². The summed E-state index contributed by atoms with van der Waals surface area (Å²) in [6.07, 6.45) is 3.95. The molecule has 0 saturated carbocycles. The summed E-state index contributed by atoms with van der Waals surface area (Å²) in [7, 11) is 1.58. The lowest BCUT2D eigenvalue weighted by Gasteiger charge is -2.13. The van der Waals surface area contributed by atoms with E-state index in [4.69, 9.17) is 0 Å². The van der Waals surface area contributed by atoms with E-state index in [9.17, 15) is 14.4 Å². The Bertz CT molecular complexity index is 859. The van der Waals surface area contributed by atoms with Gasteiger partial charge in [-0.15, -0.1) is 0 Å². The van der Waals surface area contributed by atoms with Gasteiger partial charge in [-0.1, -0.05) is 0 Å². The molecule has 3 rings (SSSR count). The average molecular weight is 358 g/mol. The molecule has 1 N–H and O–H groups in total. The van der Waals surface area contributed by atoms with Crippen LogP contribution in [0.15, 0.2) is 18.5 Å². The van der Waals surface area contributed by atoms with Crippen molar-refractivity contribution in [1.82, 2.24) is 24.6 Å². The number of fused-ring (bicyclic) bond motifs is 1. The van der Waals surface area contributed by atoms with E-state index in [1.165, 1.54) is 9.80 Å². The van der Waals surface area contributed by atoms with E-state index >= 15 is 0 Å². The second kappa shape index (κ2) is 7.11. The zero-order valence-corrected chi connectivity index (χ0v) is 15.1. The lowest BCUT2D eigenvalue weighted by Crippen LogP contribution is -2.32. The van der Waals surface area contributed by atoms with Gasteiger partial charge in [0.15, 0.2) is 5.65 Å². The normalized spacial score (nSPS) is 14.8. The number of urea groups is 1. The second-order valence-corrected chi connectivity index (χ2v) is 6.66. The van der Waals surface area contributed by atoms with Crippen molar-refractivity contribution in [3.05, 3.63) is 18.5 Å². The molecule has 1 aliphatic rings. The summed E-state index contributed by atoms with van der Waals surface area (Å²) in [6.45, 7) is 4.39. The molecule has 9 heteroatoms. The Morgan fingerprint density at radius 1 is 1.31 bits per heavy atom. The molecule has 1 saturated heterocycles. The molecule has 9 nitrogen and oxygen atoms in total. The second-order valence-electron chi connectivity index (χ2n) is 6.66. The summed E-state index contributed by atoms with van der Waals surface area (Å²) in [4.78, 5) is 42.5. The van der Waals surface area contributed by atoms with Crippen LogP contribution in [0.4, 0.5) is 10.5 Å². The van der Waals surface area contributed by atoms with E-state index in [1.54, 1.807) is 19.4 Å². The van der Waals surface area contributed by atoms with Crippen molar-refractivity contribution in [2.75, 3.05) is 25.5 Å².